The number of nitrogens with one attached hydrogen (secondary N) is 1. The Morgan fingerprint density at radius 3 is 2.71 bits per heavy atom. The Morgan fingerprint density at radius 1 is 1.18 bits per heavy atom. The molecule has 5 nitrogen and oxygen atoms in total. The Kier molecular flexibility index (Phi) is 6.54. The molecule has 148 valence electrons. The predicted molar refractivity (Wildman–Crippen MR) is 115 cm³/mol. The van der Waals surface area contributed by atoms with Gasteiger partial charge in [0.15, 0.2) is 0 Å². The number of halogens is 1. The van der Waals surface area contributed by atoms with Gasteiger partial charge >= 0.3 is 0 Å². The minimum Gasteiger partial charge on any atom is -0.410 e. The first-order chi connectivity index (χ1) is 13.7. The van der Waals surface area contributed by atoms with Gasteiger partial charge in [-0.1, -0.05) is 73.7 Å². The molecule has 1 fully saturated rings. The van der Waals surface area contributed by atoms with Gasteiger partial charge in [-0.15, -0.1) is 21.5 Å². The van der Waals surface area contributed by atoms with Gasteiger partial charge in [-0.05, 0) is 18.9 Å². The molecule has 1 saturated carbocycles. The summed E-state index contributed by atoms with van der Waals surface area (Å²) in [5.74, 6) is 0.697. The molecule has 0 saturated heterocycles. The molecule has 0 spiro atoms. The van der Waals surface area contributed by atoms with Gasteiger partial charge in [-0.25, -0.2) is 0 Å². The van der Waals surface area contributed by atoms with E-state index in [1.807, 2.05) is 24.3 Å². The van der Waals surface area contributed by atoms with E-state index < -0.39 is 0 Å². The van der Waals surface area contributed by atoms with Gasteiger partial charge in [0.05, 0.1) is 10.8 Å². The van der Waals surface area contributed by atoms with Crippen molar-refractivity contribution in [3.05, 3.63) is 29.3 Å². The quantitative estimate of drug-likeness (QED) is 0.503. The summed E-state index contributed by atoms with van der Waals surface area (Å²) in [6.45, 7) is 0. The monoisotopic (exact) mass is 435 g/mol. The average molecular weight is 436 g/mol. The number of hydrogen-bond donors (Lipinski definition) is 1. The first-order valence-electron chi connectivity index (χ1n) is 9.64. The molecule has 0 aliphatic heterocycles. The van der Waals surface area contributed by atoms with Gasteiger partial charge in [0.2, 0.25) is 5.91 Å². The summed E-state index contributed by atoms with van der Waals surface area (Å²) in [7, 11) is 0. The number of carbonyl (C=O) groups is 1. The molecule has 1 aliphatic rings. The minimum atomic E-state index is 0.0233. The van der Waals surface area contributed by atoms with E-state index in [2.05, 4.69) is 15.5 Å². The lowest BCUT2D eigenvalue weighted by Crippen LogP contribution is -2.36. The standard InChI is InChI=1S/C20H22ClN3O2S2/c21-17-14-10-6-7-11-15(14)28-18(17)19-23-24-20(26-19)27-12-16(25)22-13-8-4-2-1-3-5-9-13/h6-7,10-11,13H,1-5,8-9,12H2,(H,22,25). The molecule has 1 amide bonds. The second-order valence-electron chi connectivity index (χ2n) is 7.01. The van der Waals surface area contributed by atoms with Crippen molar-refractivity contribution in [1.29, 1.82) is 0 Å². The van der Waals surface area contributed by atoms with Gasteiger partial charge in [0, 0.05) is 16.1 Å². The van der Waals surface area contributed by atoms with E-state index in [0.717, 1.165) is 27.8 Å². The molecule has 8 heteroatoms. The molecule has 3 aromatic rings. The van der Waals surface area contributed by atoms with Crippen LogP contribution in [0.5, 0.6) is 0 Å². The summed E-state index contributed by atoms with van der Waals surface area (Å²) >= 11 is 9.26. The van der Waals surface area contributed by atoms with Crippen LogP contribution in [0.4, 0.5) is 0 Å². The maximum Gasteiger partial charge on any atom is 0.277 e. The Morgan fingerprint density at radius 2 is 1.93 bits per heavy atom. The van der Waals surface area contributed by atoms with Crippen molar-refractivity contribution >= 4 is 50.7 Å². The average Bonchev–Trinajstić information content (AvgIpc) is 3.27. The Hall–Kier alpha value is -1.57. The molecule has 28 heavy (non-hydrogen) atoms. The zero-order valence-electron chi connectivity index (χ0n) is 15.4. The number of thiophene rings is 1. The van der Waals surface area contributed by atoms with Crippen LogP contribution in [0.25, 0.3) is 20.9 Å². The van der Waals surface area contributed by atoms with Gasteiger partial charge in [0.25, 0.3) is 11.1 Å². The van der Waals surface area contributed by atoms with Crippen LogP contribution in [0.2, 0.25) is 5.02 Å². The number of rotatable bonds is 5. The lowest BCUT2D eigenvalue weighted by Gasteiger charge is -2.20. The number of amides is 1. The normalized spacial score (nSPS) is 16.0. The molecular weight excluding hydrogens is 414 g/mol. The topological polar surface area (TPSA) is 68.0 Å². The number of fused-ring (bicyclic) bond motifs is 1. The van der Waals surface area contributed by atoms with Crippen LogP contribution in [-0.2, 0) is 4.79 Å². The van der Waals surface area contributed by atoms with Crippen LogP contribution in [0.15, 0.2) is 33.9 Å². The van der Waals surface area contributed by atoms with Crippen molar-refractivity contribution in [1.82, 2.24) is 15.5 Å². The zero-order chi connectivity index (χ0) is 19.3. The summed E-state index contributed by atoms with van der Waals surface area (Å²) in [4.78, 5) is 13.1. The molecular formula is C20H22ClN3O2S2. The van der Waals surface area contributed by atoms with Crippen molar-refractivity contribution in [3.63, 3.8) is 0 Å². The maximum atomic E-state index is 12.3. The van der Waals surface area contributed by atoms with E-state index >= 15 is 0 Å². The second-order valence-corrected chi connectivity index (χ2v) is 9.37. The SMILES string of the molecule is O=C(CSc1nnc(-c2sc3ccccc3c2Cl)o1)NC1CCCCCCC1. The largest absolute Gasteiger partial charge is 0.410 e. The highest BCUT2D eigenvalue weighted by Gasteiger charge is 2.19. The first-order valence-corrected chi connectivity index (χ1v) is 11.8. The molecule has 2 aromatic heterocycles. The van der Waals surface area contributed by atoms with E-state index in [1.54, 1.807) is 0 Å². The summed E-state index contributed by atoms with van der Waals surface area (Å²) in [5, 5.41) is 13.3. The Balaban J connectivity index is 1.35. The van der Waals surface area contributed by atoms with Crippen LogP contribution < -0.4 is 5.32 Å². The van der Waals surface area contributed by atoms with E-state index in [0.29, 0.717) is 22.2 Å². The molecule has 0 atom stereocenters. The van der Waals surface area contributed by atoms with E-state index in [4.69, 9.17) is 16.0 Å². The van der Waals surface area contributed by atoms with Crippen LogP contribution in [-0.4, -0.2) is 27.9 Å². The summed E-state index contributed by atoms with van der Waals surface area (Å²) < 4.78 is 6.82. The fourth-order valence-corrected chi connectivity index (χ4v) is 5.52. The Labute approximate surface area is 177 Å². The number of benzene rings is 1. The molecule has 0 radical (unpaired) electrons. The Bertz CT molecular complexity index is 948. The molecule has 1 aliphatic carbocycles. The molecule has 1 aromatic carbocycles. The molecule has 0 bridgehead atoms. The molecule has 0 unspecified atom stereocenters. The van der Waals surface area contributed by atoms with Gasteiger partial charge in [-0.2, -0.15) is 0 Å². The summed E-state index contributed by atoms with van der Waals surface area (Å²) in [6.07, 6.45) is 8.40. The number of hydrogen-bond acceptors (Lipinski definition) is 6. The lowest BCUT2D eigenvalue weighted by molar-refractivity contribution is -0.119. The van der Waals surface area contributed by atoms with Crippen molar-refractivity contribution in [2.45, 2.75) is 56.2 Å². The fourth-order valence-electron chi connectivity index (χ4n) is 3.51. The van der Waals surface area contributed by atoms with Crippen molar-refractivity contribution in [2.24, 2.45) is 0 Å². The van der Waals surface area contributed by atoms with Gasteiger partial charge in [0.1, 0.15) is 4.88 Å². The summed E-state index contributed by atoms with van der Waals surface area (Å²) in [6, 6.07) is 8.21. The third kappa shape index (κ3) is 4.70. The van der Waals surface area contributed by atoms with Crippen LogP contribution >= 0.6 is 34.7 Å². The highest BCUT2D eigenvalue weighted by molar-refractivity contribution is 7.99. The lowest BCUT2D eigenvalue weighted by atomic mass is 9.97. The maximum absolute atomic E-state index is 12.3. The van der Waals surface area contributed by atoms with Gasteiger partial charge in [-0.3, -0.25) is 4.79 Å². The first kappa shape index (κ1) is 19.7. The predicted octanol–water partition coefficient (Wildman–Crippen LogP) is 5.93. The number of nitrogens with zero attached hydrogens (tertiary/aromatic N) is 2. The van der Waals surface area contributed by atoms with Crippen LogP contribution in [0.1, 0.15) is 44.9 Å². The highest BCUT2D eigenvalue weighted by atomic mass is 35.5. The third-order valence-corrected chi connectivity index (χ3v) is 7.41. The van der Waals surface area contributed by atoms with Crippen molar-refractivity contribution in [2.75, 3.05) is 5.75 Å². The third-order valence-electron chi connectivity index (χ3n) is 4.93. The zero-order valence-corrected chi connectivity index (χ0v) is 17.8. The minimum absolute atomic E-state index is 0.0233. The molecule has 1 N–H and O–H groups in total. The number of carbonyl (C=O) groups excluding carboxylic acids is 1. The molecule has 4 rings (SSSR count). The number of aromatic nitrogens is 2. The van der Waals surface area contributed by atoms with Crippen LogP contribution in [0.3, 0.4) is 0 Å². The molecule has 2 heterocycles. The van der Waals surface area contributed by atoms with Crippen molar-refractivity contribution in [3.8, 4) is 10.8 Å². The summed E-state index contributed by atoms with van der Waals surface area (Å²) in [5.41, 5.74) is 0. The fraction of sp³-hybridized carbons (Fsp3) is 0.450. The second kappa shape index (κ2) is 9.29. The van der Waals surface area contributed by atoms with E-state index in [1.165, 1.54) is 55.2 Å². The van der Waals surface area contributed by atoms with E-state index in [9.17, 15) is 4.79 Å². The van der Waals surface area contributed by atoms with E-state index in [-0.39, 0.29) is 11.7 Å². The van der Waals surface area contributed by atoms with Crippen LogP contribution in [0, 0.1) is 0 Å². The highest BCUT2D eigenvalue weighted by Crippen LogP contribution is 2.41. The van der Waals surface area contributed by atoms with Crippen molar-refractivity contribution < 1.29 is 9.21 Å². The smallest absolute Gasteiger partial charge is 0.277 e. The number of thioether (sulfide) groups is 1. The van der Waals surface area contributed by atoms with Gasteiger partial charge < -0.3 is 9.73 Å².